The van der Waals surface area contributed by atoms with Crippen LogP contribution in [0.25, 0.3) is 11.1 Å². The molecule has 0 unspecified atom stereocenters. The molecular formula is C25H22F5N3O4. The smallest absolute Gasteiger partial charge is 0.463 e. The van der Waals surface area contributed by atoms with Crippen LogP contribution < -0.4 is 10.6 Å². The van der Waals surface area contributed by atoms with Gasteiger partial charge in [-0.2, -0.15) is 22.0 Å². The third kappa shape index (κ3) is 5.85. The molecule has 2 aromatic carbocycles. The molecule has 0 radical (unpaired) electrons. The van der Waals surface area contributed by atoms with Crippen molar-refractivity contribution in [3.8, 4) is 11.1 Å². The highest BCUT2D eigenvalue weighted by Crippen LogP contribution is 2.37. The molecule has 0 aliphatic rings. The Hall–Kier alpha value is -4.06. The molecule has 1 heterocycles. The van der Waals surface area contributed by atoms with E-state index in [0.29, 0.717) is 22.3 Å². The highest BCUT2D eigenvalue weighted by Gasteiger charge is 2.63. The molecule has 12 heteroatoms. The van der Waals surface area contributed by atoms with Gasteiger partial charge in [0.25, 0.3) is 0 Å². The van der Waals surface area contributed by atoms with Gasteiger partial charge in [-0.3, -0.25) is 4.79 Å². The quantitative estimate of drug-likeness (QED) is 0.281. The van der Waals surface area contributed by atoms with E-state index in [1.165, 1.54) is 26.3 Å². The van der Waals surface area contributed by atoms with Crippen molar-refractivity contribution in [3.05, 3.63) is 77.0 Å². The van der Waals surface area contributed by atoms with Crippen LogP contribution in [0.2, 0.25) is 0 Å². The summed E-state index contributed by atoms with van der Waals surface area (Å²) < 4.78 is 69.4. The summed E-state index contributed by atoms with van der Waals surface area (Å²) >= 11 is 0. The molecule has 1 amide bonds. The minimum Gasteiger partial charge on any atom is -0.465 e. The van der Waals surface area contributed by atoms with Crippen LogP contribution in [-0.2, 0) is 22.7 Å². The van der Waals surface area contributed by atoms with E-state index >= 15 is 0 Å². The summed E-state index contributed by atoms with van der Waals surface area (Å²) in [5, 5.41) is 14.2. The average Bonchev–Trinajstić information content (AvgIpc) is 2.87. The molecule has 1 aromatic heterocycles. The maximum Gasteiger partial charge on any atom is 0.463 e. The number of aliphatic hydroxyl groups excluding tert-OH is 1. The Morgan fingerprint density at radius 3 is 2.30 bits per heavy atom. The van der Waals surface area contributed by atoms with Crippen molar-refractivity contribution in [2.75, 3.05) is 17.7 Å². The molecule has 3 N–H and O–H groups in total. The number of aryl methyl sites for hydroxylation is 1. The van der Waals surface area contributed by atoms with Gasteiger partial charge in [-0.25, -0.2) is 9.78 Å². The Morgan fingerprint density at radius 2 is 1.70 bits per heavy atom. The number of carbonyl (C=O) groups is 2. The first-order valence-corrected chi connectivity index (χ1v) is 10.8. The number of nitrogens with one attached hydrogen (secondary N) is 2. The SMILES string of the molecule is COC(=O)c1cccc(CO)c1-c1ccc(CNc2nccc(C)c2NC(=O)C(F)(F)C(F)(F)F)cc1. The lowest BCUT2D eigenvalue weighted by atomic mass is 9.94. The van der Waals surface area contributed by atoms with Crippen LogP contribution >= 0.6 is 0 Å². The van der Waals surface area contributed by atoms with Gasteiger partial charge in [0, 0.05) is 18.3 Å². The normalized spacial score (nSPS) is 11.7. The van der Waals surface area contributed by atoms with Crippen LogP contribution in [0.1, 0.15) is 27.0 Å². The second kappa shape index (κ2) is 10.9. The summed E-state index contributed by atoms with van der Waals surface area (Å²) in [5.74, 6) is -8.79. The van der Waals surface area contributed by atoms with Gasteiger partial charge in [0.05, 0.1) is 25.0 Å². The van der Waals surface area contributed by atoms with E-state index in [1.54, 1.807) is 47.8 Å². The minimum absolute atomic E-state index is 0.0702. The van der Waals surface area contributed by atoms with Crippen LogP contribution in [-0.4, -0.2) is 41.2 Å². The van der Waals surface area contributed by atoms with E-state index in [9.17, 15) is 36.6 Å². The predicted octanol–water partition coefficient (Wildman–Crippen LogP) is 5.08. The van der Waals surface area contributed by atoms with E-state index in [-0.39, 0.29) is 35.8 Å². The molecule has 0 saturated heterocycles. The Labute approximate surface area is 208 Å². The Bertz CT molecular complexity index is 1290. The Balaban J connectivity index is 1.83. The van der Waals surface area contributed by atoms with Gasteiger partial charge in [-0.1, -0.05) is 36.4 Å². The molecule has 0 atom stereocenters. The molecule has 3 rings (SSSR count). The number of hydrogen-bond donors (Lipinski definition) is 3. The predicted molar refractivity (Wildman–Crippen MR) is 125 cm³/mol. The van der Waals surface area contributed by atoms with Gasteiger partial charge in [0.1, 0.15) is 5.82 Å². The fourth-order valence-corrected chi connectivity index (χ4v) is 3.50. The van der Waals surface area contributed by atoms with E-state index < -0.39 is 24.0 Å². The number of ether oxygens (including phenoxy) is 1. The first kappa shape index (κ1) is 27.5. The van der Waals surface area contributed by atoms with E-state index in [0.717, 1.165) is 0 Å². The number of pyridine rings is 1. The number of anilines is 2. The Morgan fingerprint density at radius 1 is 1.03 bits per heavy atom. The summed E-state index contributed by atoms with van der Waals surface area (Å²) in [6.07, 6.45) is -4.75. The standard InChI is InChI=1S/C25H22F5N3O4/c1-14-10-11-31-21(20(14)33-23(36)24(26,27)25(28,29)30)32-12-15-6-8-16(9-7-15)19-17(13-34)4-3-5-18(19)22(35)37-2/h3-11,34H,12-13H2,1-2H3,(H,31,32)(H,33,36). The molecule has 3 aromatic rings. The fraction of sp³-hybridized carbons (Fsp3) is 0.240. The largest absolute Gasteiger partial charge is 0.465 e. The third-order valence-electron chi connectivity index (χ3n) is 5.47. The van der Waals surface area contributed by atoms with Crippen molar-refractivity contribution in [1.82, 2.24) is 4.98 Å². The number of halogens is 5. The number of amides is 1. The number of rotatable bonds is 8. The number of nitrogens with zero attached hydrogens (tertiary/aromatic N) is 1. The number of hydrogen-bond acceptors (Lipinski definition) is 6. The van der Waals surface area contributed by atoms with Gasteiger partial charge in [-0.05, 0) is 41.3 Å². The molecule has 0 saturated carbocycles. The summed E-state index contributed by atoms with van der Waals surface area (Å²) in [7, 11) is 1.24. The fourth-order valence-electron chi connectivity index (χ4n) is 3.50. The van der Waals surface area contributed by atoms with Crippen molar-refractivity contribution in [2.45, 2.75) is 32.2 Å². The summed E-state index contributed by atoms with van der Waals surface area (Å²) in [5.41, 5.74) is 2.44. The second-order valence-corrected chi connectivity index (χ2v) is 7.92. The van der Waals surface area contributed by atoms with Crippen molar-refractivity contribution in [2.24, 2.45) is 0 Å². The van der Waals surface area contributed by atoms with Crippen molar-refractivity contribution in [1.29, 1.82) is 0 Å². The number of methoxy groups -OCH3 is 1. The first-order chi connectivity index (χ1) is 17.4. The Kier molecular flexibility index (Phi) is 8.12. The molecule has 7 nitrogen and oxygen atoms in total. The maximum atomic E-state index is 13.4. The lowest BCUT2D eigenvalue weighted by Gasteiger charge is -2.20. The highest BCUT2D eigenvalue weighted by molar-refractivity contribution is 5.99. The van der Waals surface area contributed by atoms with E-state index in [4.69, 9.17) is 4.74 Å². The maximum absolute atomic E-state index is 13.4. The van der Waals surface area contributed by atoms with Crippen molar-refractivity contribution < 1.29 is 41.4 Å². The number of esters is 1. The van der Waals surface area contributed by atoms with Gasteiger partial charge < -0.3 is 20.5 Å². The van der Waals surface area contributed by atoms with Gasteiger partial charge >= 0.3 is 24.0 Å². The molecule has 0 spiro atoms. The first-order valence-electron chi connectivity index (χ1n) is 10.8. The number of aliphatic hydroxyl groups is 1. The lowest BCUT2D eigenvalue weighted by molar-refractivity contribution is -0.267. The molecular weight excluding hydrogens is 501 g/mol. The summed E-state index contributed by atoms with van der Waals surface area (Å²) in [6, 6.07) is 12.9. The van der Waals surface area contributed by atoms with Gasteiger partial charge in [0.2, 0.25) is 0 Å². The number of carbonyl (C=O) groups excluding carboxylic acids is 2. The zero-order valence-corrected chi connectivity index (χ0v) is 19.6. The van der Waals surface area contributed by atoms with Crippen LogP contribution in [0.3, 0.4) is 0 Å². The minimum atomic E-state index is -6.05. The molecule has 0 aliphatic heterocycles. The van der Waals surface area contributed by atoms with Crippen LogP contribution in [0.5, 0.6) is 0 Å². The number of aromatic nitrogens is 1. The van der Waals surface area contributed by atoms with Gasteiger partial charge in [-0.15, -0.1) is 0 Å². The summed E-state index contributed by atoms with van der Waals surface area (Å²) in [4.78, 5) is 27.8. The van der Waals surface area contributed by atoms with Crippen LogP contribution in [0.4, 0.5) is 33.5 Å². The van der Waals surface area contributed by atoms with Crippen molar-refractivity contribution in [3.63, 3.8) is 0 Å². The third-order valence-corrected chi connectivity index (χ3v) is 5.47. The lowest BCUT2D eigenvalue weighted by Crippen LogP contribution is -2.47. The second-order valence-electron chi connectivity index (χ2n) is 7.92. The average molecular weight is 523 g/mol. The zero-order valence-electron chi connectivity index (χ0n) is 19.6. The molecule has 37 heavy (non-hydrogen) atoms. The molecule has 196 valence electrons. The highest BCUT2D eigenvalue weighted by atomic mass is 19.4. The monoisotopic (exact) mass is 523 g/mol. The van der Waals surface area contributed by atoms with Crippen LogP contribution in [0, 0.1) is 6.92 Å². The number of alkyl halides is 5. The van der Waals surface area contributed by atoms with Gasteiger partial charge in [0.15, 0.2) is 0 Å². The van der Waals surface area contributed by atoms with Crippen LogP contribution in [0.15, 0.2) is 54.7 Å². The van der Waals surface area contributed by atoms with E-state index in [2.05, 4.69) is 10.3 Å². The summed E-state index contributed by atoms with van der Waals surface area (Å²) in [6.45, 7) is 1.17. The zero-order chi connectivity index (χ0) is 27.4. The molecule has 0 bridgehead atoms. The molecule has 0 aliphatic carbocycles. The topological polar surface area (TPSA) is 101 Å². The van der Waals surface area contributed by atoms with E-state index in [1.807, 2.05) is 0 Å². The molecule has 0 fully saturated rings. The number of benzene rings is 2. The van der Waals surface area contributed by atoms with Crippen molar-refractivity contribution >= 4 is 23.4 Å².